The summed E-state index contributed by atoms with van der Waals surface area (Å²) in [6, 6.07) is 79.0. The molecule has 0 atom stereocenters. The summed E-state index contributed by atoms with van der Waals surface area (Å²) in [5.41, 5.74) is 23.4. The third-order valence-corrected chi connectivity index (χ3v) is 13.5. The van der Waals surface area contributed by atoms with Crippen molar-refractivity contribution >= 4 is 57.2 Å². The van der Waals surface area contributed by atoms with Crippen LogP contribution in [0.25, 0.3) is 44.5 Å². The first-order valence-electron chi connectivity index (χ1n) is 23.1. The highest BCUT2D eigenvalue weighted by atomic mass is 15.2. The number of nitrogens with zero attached hydrogens (tertiary/aromatic N) is 2. The number of fused-ring (bicyclic) bond motifs is 4. The van der Waals surface area contributed by atoms with Crippen LogP contribution >= 0.6 is 0 Å². The summed E-state index contributed by atoms with van der Waals surface area (Å²) in [5.74, 6) is 0. The number of para-hydroxylation sites is 2. The molecule has 65 heavy (non-hydrogen) atoms. The van der Waals surface area contributed by atoms with E-state index in [4.69, 9.17) is 0 Å². The summed E-state index contributed by atoms with van der Waals surface area (Å²) in [5, 5.41) is 0. The van der Waals surface area contributed by atoms with Gasteiger partial charge in [-0.3, -0.25) is 0 Å². The van der Waals surface area contributed by atoms with Gasteiger partial charge in [-0.25, -0.2) is 0 Å². The molecule has 11 rings (SSSR count). The third-order valence-electron chi connectivity index (χ3n) is 13.5. The molecule has 0 amide bonds. The Morgan fingerprint density at radius 2 is 0.631 bits per heavy atom. The van der Waals surface area contributed by atoms with Gasteiger partial charge in [0.1, 0.15) is 0 Å². The molecule has 0 saturated carbocycles. The first-order valence-corrected chi connectivity index (χ1v) is 23.1. The molecule has 314 valence electrons. The minimum atomic E-state index is -0.0949. The normalized spacial score (nSPS) is 13.0. The fourth-order valence-corrected chi connectivity index (χ4v) is 10.6. The number of rotatable bonds is 6. The van der Waals surface area contributed by atoms with Crippen LogP contribution in [0.1, 0.15) is 52.7 Å². The molecule has 2 heterocycles. The highest BCUT2D eigenvalue weighted by molar-refractivity contribution is 7.00. The summed E-state index contributed by atoms with van der Waals surface area (Å²) in [7, 11) is 0. The van der Waals surface area contributed by atoms with Crippen LogP contribution in [0.3, 0.4) is 0 Å². The molecular weight excluding hydrogens is 784 g/mol. The predicted molar refractivity (Wildman–Crippen MR) is 280 cm³/mol. The summed E-state index contributed by atoms with van der Waals surface area (Å²) in [6.45, 7) is 13.9. The van der Waals surface area contributed by atoms with Crippen molar-refractivity contribution in [2.45, 2.75) is 52.4 Å². The largest absolute Gasteiger partial charge is 0.311 e. The molecule has 9 aromatic carbocycles. The Morgan fingerprint density at radius 1 is 0.292 bits per heavy atom. The summed E-state index contributed by atoms with van der Waals surface area (Å²) < 4.78 is 0. The first-order chi connectivity index (χ1) is 31.6. The van der Waals surface area contributed by atoms with E-state index in [2.05, 4.69) is 264 Å². The van der Waals surface area contributed by atoms with E-state index in [1.807, 2.05) is 0 Å². The fraction of sp³-hybridized carbons (Fsp3) is 0.129. The topological polar surface area (TPSA) is 6.48 Å². The highest BCUT2D eigenvalue weighted by Crippen LogP contribution is 2.49. The lowest BCUT2D eigenvalue weighted by Crippen LogP contribution is -2.61. The van der Waals surface area contributed by atoms with Gasteiger partial charge in [0.2, 0.25) is 0 Å². The molecule has 0 spiro atoms. The maximum Gasteiger partial charge on any atom is 0.252 e. The van der Waals surface area contributed by atoms with Gasteiger partial charge < -0.3 is 9.80 Å². The number of hydrogen-bond acceptors (Lipinski definition) is 2. The van der Waals surface area contributed by atoms with E-state index in [-0.39, 0.29) is 17.5 Å². The Kier molecular flexibility index (Phi) is 9.77. The van der Waals surface area contributed by atoms with E-state index < -0.39 is 0 Å². The molecule has 2 nitrogen and oxygen atoms in total. The second-order valence-corrected chi connectivity index (χ2v) is 19.7. The standard InChI is InChI=1S/C62H53BN2/c1-61(2,3)50-30-17-19-32-54(50)64-56-38-36-44(48-28-15-13-26-46(48)42-22-9-7-10-23-42)40-52(56)63-53-41-45(49-29-16-14-27-47(49)43-24-11-8-12-25-43)37-39-57(53)65(59-35-21-34-58(64)60(59)63)55-33-20-18-31-51(55)62(4,5)6/h7-41H,1-6H3. The molecule has 0 aromatic heterocycles. The van der Waals surface area contributed by atoms with Crippen LogP contribution in [0.2, 0.25) is 0 Å². The van der Waals surface area contributed by atoms with Crippen LogP contribution in [-0.4, -0.2) is 6.71 Å². The van der Waals surface area contributed by atoms with Crippen LogP contribution in [0.4, 0.5) is 34.1 Å². The lowest BCUT2D eigenvalue weighted by molar-refractivity contribution is 0.591. The van der Waals surface area contributed by atoms with Gasteiger partial charge in [-0.2, -0.15) is 0 Å². The van der Waals surface area contributed by atoms with E-state index in [0.29, 0.717) is 0 Å². The Morgan fingerprint density at radius 3 is 1.03 bits per heavy atom. The minimum Gasteiger partial charge on any atom is -0.311 e. The minimum absolute atomic E-state index is 0.0602. The Balaban J connectivity index is 1.24. The van der Waals surface area contributed by atoms with Crippen molar-refractivity contribution in [1.82, 2.24) is 0 Å². The second kappa shape index (κ2) is 15.7. The van der Waals surface area contributed by atoms with Gasteiger partial charge in [0.05, 0.1) is 0 Å². The first kappa shape index (κ1) is 40.4. The summed E-state index contributed by atoms with van der Waals surface area (Å²) in [6.07, 6.45) is 0. The molecule has 0 unspecified atom stereocenters. The quantitative estimate of drug-likeness (QED) is 0.154. The van der Waals surface area contributed by atoms with Crippen molar-refractivity contribution in [2.24, 2.45) is 0 Å². The number of hydrogen-bond donors (Lipinski definition) is 0. The predicted octanol–water partition coefficient (Wildman–Crippen LogP) is 15.0. The van der Waals surface area contributed by atoms with E-state index in [1.54, 1.807) is 0 Å². The zero-order chi connectivity index (χ0) is 44.5. The molecule has 2 aliphatic rings. The average molecular weight is 837 g/mol. The van der Waals surface area contributed by atoms with Crippen molar-refractivity contribution in [3.05, 3.63) is 223 Å². The van der Waals surface area contributed by atoms with E-state index >= 15 is 0 Å². The average Bonchev–Trinajstić information content (AvgIpc) is 3.33. The van der Waals surface area contributed by atoms with Crippen LogP contribution in [0.15, 0.2) is 212 Å². The van der Waals surface area contributed by atoms with Gasteiger partial charge in [-0.1, -0.05) is 217 Å². The van der Waals surface area contributed by atoms with E-state index in [1.165, 1.54) is 106 Å². The van der Waals surface area contributed by atoms with Crippen LogP contribution in [-0.2, 0) is 10.8 Å². The van der Waals surface area contributed by atoms with Crippen LogP contribution < -0.4 is 26.2 Å². The van der Waals surface area contributed by atoms with E-state index in [9.17, 15) is 0 Å². The fourth-order valence-electron chi connectivity index (χ4n) is 10.6. The van der Waals surface area contributed by atoms with Crippen molar-refractivity contribution < 1.29 is 0 Å². The lowest BCUT2D eigenvalue weighted by atomic mass is 9.33. The Labute approximate surface area is 385 Å². The maximum atomic E-state index is 2.57. The van der Waals surface area contributed by atoms with Crippen LogP contribution in [0.5, 0.6) is 0 Å². The third kappa shape index (κ3) is 6.89. The molecule has 0 radical (unpaired) electrons. The number of benzene rings is 9. The van der Waals surface area contributed by atoms with Gasteiger partial charge in [-0.15, -0.1) is 0 Å². The van der Waals surface area contributed by atoms with Crippen molar-refractivity contribution in [3.8, 4) is 44.5 Å². The molecule has 0 N–H and O–H groups in total. The molecular formula is C62H53BN2. The Hall–Kier alpha value is -7.36. The SMILES string of the molecule is CC(C)(C)c1ccccc1N1c2ccc(-c3ccccc3-c3ccccc3)cc2B2c3cc(-c4ccccc4-c4ccccc4)ccc3N(c3ccccc3C(C)(C)C)c3cccc1c32. The molecule has 2 aliphatic heterocycles. The van der Waals surface area contributed by atoms with Crippen molar-refractivity contribution in [2.75, 3.05) is 9.80 Å². The molecule has 0 fully saturated rings. The van der Waals surface area contributed by atoms with Gasteiger partial charge >= 0.3 is 0 Å². The monoisotopic (exact) mass is 836 g/mol. The Bertz CT molecular complexity index is 3030. The van der Waals surface area contributed by atoms with Gasteiger partial charge in [0, 0.05) is 34.1 Å². The lowest BCUT2D eigenvalue weighted by Gasteiger charge is -2.45. The molecule has 0 saturated heterocycles. The molecule has 0 aliphatic carbocycles. The molecule has 0 bridgehead atoms. The zero-order valence-corrected chi connectivity index (χ0v) is 38.2. The van der Waals surface area contributed by atoms with Crippen LogP contribution in [0, 0.1) is 0 Å². The van der Waals surface area contributed by atoms with Gasteiger partial charge in [0.15, 0.2) is 0 Å². The number of anilines is 6. The smallest absolute Gasteiger partial charge is 0.252 e. The van der Waals surface area contributed by atoms with Crippen molar-refractivity contribution in [1.29, 1.82) is 0 Å². The zero-order valence-electron chi connectivity index (χ0n) is 38.2. The van der Waals surface area contributed by atoms with Crippen molar-refractivity contribution in [3.63, 3.8) is 0 Å². The molecule has 3 heteroatoms. The van der Waals surface area contributed by atoms with Gasteiger partial charge in [-0.05, 0) is 119 Å². The summed E-state index contributed by atoms with van der Waals surface area (Å²) in [4.78, 5) is 5.15. The van der Waals surface area contributed by atoms with E-state index in [0.717, 1.165) is 0 Å². The van der Waals surface area contributed by atoms with Gasteiger partial charge in [0.25, 0.3) is 6.71 Å². The highest BCUT2D eigenvalue weighted by Gasteiger charge is 2.44. The second-order valence-electron chi connectivity index (χ2n) is 19.7. The summed E-state index contributed by atoms with van der Waals surface area (Å²) >= 11 is 0. The molecule has 9 aromatic rings. The maximum absolute atomic E-state index is 2.57.